The minimum Gasteiger partial charge on any atom is -0.354 e. The molecular formula is C33H22N2. The molecule has 0 aliphatic heterocycles. The fourth-order valence-electron chi connectivity index (χ4n) is 7.06. The van der Waals surface area contributed by atoms with Gasteiger partial charge in [-0.2, -0.15) is 0 Å². The number of hydrogen-bond acceptors (Lipinski definition) is 0. The molecule has 0 atom stereocenters. The minimum atomic E-state index is -0.0138. The molecule has 9 rings (SSSR count). The predicted molar refractivity (Wildman–Crippen MR) is 148 cm³/mol. The van der Waals surface area contributed by atoms with Gasteiger partial charge < -0.3 is 9.38 Å². The van der Waals surface area contributed by atoms with Crippen molar-refractivity contribution in [3.05, 3.63) is 102 Å². The van der Waals surface area contributed by atoms with Gasteiger partial charge in [0.05, 0.1) is 22.1 Å². The van der Waals surface area contributed by atoms with E-state index in [1.807, 2.05) is 0 Å². The molecule has 3 aromatic heterocycles. The summed E-state index contributed by atoms with van der Waals surface area (Å²) < 4.78 is 2.51. The van der Waals surface area contributed by atoms with Crippen molar-refractivity contribution in [1.82, 2.24) is 9.38 Å². The van der Waals surface area contributed by atoms with E-state index < -0.39 is 0 Å². The van der Waals surface area contributed by atoms with Crippen molar-refractivity contribution in [3.63, 3.8) is 0 Å². The minimum absolute atomic E-state index is 0.0138. The number of aromatic amines is 1. The van der Waals surface area contributed by atoms with E-state index in [2.05, 4.69) is 114 Å². The highest BCUT2D eigenvalue weighted by atomic mass is 14.9. The maximum atomic E-state index is 3.77. The molecule has 0 bridgehead atoms. The Hall–Kier alpha value is -4.30. The molecule has 0 radical (unpaired) electrons. The van der Waals surface area contributed by atoms with Crippen molar-refractivity contribution in [1.29, 1.82) is 0 Å². The van der Waals surface area contributed by atoms with Crippen LogP contribution in [0.25, 0.3) is 71.0 Å². The Kier molecular flexibility index (Phi) is 2.93. The molecule has 164 valence electrons. The van der Waals surface area contributed by atoms with Crippen LogP contribution < -0.4 is 0 Å². The molecule has 8 aromatic rings. The normalized spacial score (nSPS) is 14.8. The Balaban J connectivity index is 1.58. The molecule has 5 aromatic carbocycles. The van der Waals surface area contributed by atoms with Crippen LogP contribution in [0.15, 0.2) is 91.0 Å². The number of rotatable bonds is 0. The smallest absolute Gasteiger partial charge is 0.0641 e. The number of aromatic nitrogens is 2. The van der Waals surface area contributed by atoms with Crippen LogP contribution in [0.4, 0.5) is 0 Å². The van der Waals surface area contributed by atoms with E-state index in [1.165, 1.54) is 82.2 Å². The van der Waals surface area contributed by atoms with E-state index in [1.54, 1.807) is 0 Å². The van der Waals surface area contributed by atoms with Gasteiger partial charge in [-0.3, -0.25) is 0 Å². The van der Waals surface area contributed by atoms with Gasteiger partial charge in [-0.05, 0) is 52.6 Å². The van der Waals surface area contributed by atoms with Gasteiger partial charge in [-0.1, -0.05) is 74.5 Å². The first kappa shape index (κ1) is 18.1. The van der Waals surface area contributed by atoms with Crippen molar-refractivity contribution in [2.75, 3.05) is 0 Å². The molecule has 2 nitrogen and oxygen atoms in total. The topological polar surface area (TPSA) is 20.2 Å². The number of hydrogen-bond donors (Lipinski definition) is 1. The maximum Gasteiger partial charge on any atom is 0.0641 e. The molecule has 1 aliphatic rings. The Morgan fingerprint density at radius 3 is 2.29 bits per heavy atom. The molecular weight excluding hydrogens is 424 g/mol. The number of fused-ring (bicyclic) bond motifs is 13. The monoisotopic (exact) mass is 446 g/mol. The van der Waals surface area contributed by atoms with Crippen LogP contribution in [0.5, 0.6) is 0 Å². The van der Waals surface area contributed by atoms with Crippen molar-refractivity contribution in [2.45, 2.75) is 19.3 Å². The fourth-order valence-corrected chi connectivity index (χ4v) is 7.06. The zero-order valence-electron chi connectivity index (χ0n) is 19.6. The summed E-state index contributed by atoms with van der Waals surface area (Å²) in [5, 5.41) is 7.93. The zero-order chi connectivity index (χ0) is 23.1. The Labute approximate surface area is 201 Å². The summed E-state index contributed by atoms with van der Waals surface area (Å²) in [6, 6.07) is 33.9. The van der Waals surface area contributed by atoms with Crippen LogP contribution in [0, 0.1) is 0 Å². The Morgan fingerprint density at radius 1 is 0.600 bits per heavy atom. The van der Waals surface area contributed by atoms with Gasteiger partial charge in [0.2, 0.25) is 0 Å². The fraction of sp³-hybridized carbons (Fsp3) is 0.0909. The lowest BCUT2D eigenvalue weighted by atomic mass is 9.82. The molecule has 3 heterocycles. The molecule has 0 saturated heterocycles. The SMILES string of the molecule is CC1(C)c2ccccc2-c2cc3c4cc5c6ccccc6[nH]c5c5c6ccccc6n(c3cc21)c45. The molecule has 0 spiro atoms. The van der Waals surface area contributed by atoms with Crippen molar-refractivity contribution < 1.29 is 0 Å². The third kappa shape index (κ3) is 1.93. The first-order valence-electron chi connectivity index (χ1n) is 12.4. The van der Waals surface area contributed by atoms with E-state index in [-0.39, 0.29) is 5.41 Å². The van der Waals surface area contributed by atoms with Gasteiger partial charge in [-0.25, -0.2) is 0 Å². The third-order valence-electron chi connectivity index (χ3n) is 8.65. The molecule has 0 fully saturated rings. The number of nitrogens with zero attached hydrogens (tertiary/aromatic N) is 1. The van der Waals surface area contributed by atoms with Crippen LogP contribution in [-0.2, 0) is 5.41 Å². The van der Waals surface area contributed by atoms with Gasteiger partial charge >= 0.3 is 0 Å². The standard InChI is InChI=1S/C33H22N2/c1-33(2)25-12-6-3-9-18(25)21-15-22-24-16-23-19-10-4-7-13-27(19)34-31(23)30-20-11-5-8-14-28(20)35(32(24)30)29(22)17-26(21)33/h3-17,34H,1-2H3. The summed E-state index contributed by atoms with van der Waals surface area (Å²) in [6.45, 7) is 4.73. The second-order valence-corrected chi connectivity index (χ2v) is 10.7. The van der Waals surface area contributed by atoms with Crippen LogP contribution in [0.1, 0.15) is 25.0 Å². The maximum absolute atomic E-state index is 3.77. The van der Waals surface area contributed by atoms with Crippen molar-refractivity contribution in [2.24, 2.45) is 0 Å². The molecule has 2 heteroatoms. The molecule has 1 aliphatic carbocycles. The van der Waals surface area contributed by atoms with Crippen molar-refractivity contribution >= 4 is 59.9 Å². The second kappa shape index (κ2) is 5.67. The van der Waals surface area contributed by atoms with Gasteiger partial charge in [0.1, 0.15) is 0 Å². The summed E-state index contributed by atoms with van der Waals surface area (Å²) >= 11 is 0. The quantitative estimate of drug-likeness (QED) is 0.240. The first-order valence-corrected chi connectivity index (χ1v) is 12.4. The lowest BCUT2D eigenvalue weighted by molar-refractivity contribution is 0.661. The highest BCUT2D eigenvalue weighted by Gasteiger charge is 2.36. The highest BCUT2D eigenvalue weighted by Crippen LogP contribution is 2.52. The zero-order valence-corrected chi connectivity index (χ0v) is 19.6. The van der Waals surface area contributed by atoms with Gasteiger partial charge in [0.25, 0.3) is 0 Å². The number of benzene rings is 5. The number of H-pyrrole nitrogens is 1. The lowest BCUT2D eigenvalue weighted by Gasteiger charge is -2.21. The van der Waals surface area contributed by atoms with Gasteiger partial charge in [-0.15, -0.1) is 0 Å². The molecule has 0 unspecified atom stereocenters. The molecule has 0 amide bonds. The Bertz CT molecular complexity index is 2190. The summed E-state index contributed by atoms with van der Waals surface area (Å²) in [7, 11) is 0. The van der Waals surface area contributed by atoms with E-state index in [0.29, 0.717) is 0 Å². The van der Waals surface area contributed by atoms with Crippen LogP contribution >= 0.6 is 0 Å². The van der Waals surface area contributed by atoms with E-state index >= 15 is 0 Å². The highest BCUT2D eigenvalue weighted by molar-refractivity contribution is 6.33. The van der Waals surface area contributed by atoms with Crippen LogP contribution in [0.3, 0.4) is 0 Å². The number of nitrogens with one attached hydrogen (secondary N) is 1. The van der Waals surface area contributed by atoms with Crippen LogP contribution in [-0.4, -0.2) is 9.38 Å². The third-order valence-corrected chi connectivity index (χ3v) is 8.65. The largest absolute Gasteiger partial charge is 0.354 e. The molecule has 0 saturated carbocycles. The average molecular weight is 447 g/mol. The van der Waals surface area contributed by atoms with Crippen molar-refractivity contribution in [3.8, 4) is 11.1 Å². The first-order chi connectivity index (χ1) is 17.1. The van der Waals surface area contributed by atoms with E-state index in [9.17, 15) is 0 Å². The molecule has 1 N–H and O–H groups in total. The van der Waals surface area contributed by atoms with Crippen LogP contribution in [0.2, 0.25) is 0 Å². The van der Waals surface area contributed by atoms with Gasteiger partial charge in [0, 0.05) is 43.2 Å². The summed E-state index contributed by atoms with van der Waals surface area (Å²) in [6.07, 6.45) is 0. The number of para-hydroxylation sites is 2. The molecule has 35 heavy (non-hydrogen) atoms. The Morgan fingerprint density at radius 2 is 1.37 bits per heavy atom. The predicted octanol–water partition coefficient (Wildman–Crippen LogP) is 8.78. The van der Waals surface area contributed by atoms with E-state index in [4.69, 9.17) is 0 Å². The second-order valence-electron chi connectivity index (χ2n) is 10.7. The van der Waals surface area contributed by atoms with E-state index in [0.717, 1.165) is 0 Å². The summed E-state index contributed by atoms with van der Waals surface area (Å²) in [5.41, 5.74) is 11.9. The average Bonchev–Trinajstić information content (AvgIpc) is 3.58. The van der Waals surface area contributed by atoms with Gasteiger partial charge in [0.15, 0.2) is 0 Å². The summed E-state index contributed by atoms with van der Waals surface area (Å²) in [4.78, 5) is 3.77. The summed E-state index contributed by atoms with van der Waals surface area (Å²) in [5.74, 6) is 0. The lowest BCUT2D eigenvalue weighted by Crippen LogP contribution is -2.14.